The summed E-state index contributed by atoms with van der Waals surface area (Å²) >= 11 is 0. The second-order valence-electron chi connectivity index (χ2n) is 5.30. The van der Waals surface area contributed by atoms with Crippen LogP contribution in [0.5, 0.6) is 0 Å². The molecule has 7 nitrogen and oxygen atoms in total. The predicted molar refractivity (Wildman–Crippen MR) is 81.0 cm³/mol. The molecule has 0 bridgehead atoms. The number of carboxylic acids is 2. The van der Waals surface area contributed by atoms with Crippen molar-refractivity contribution in [3.63, 3.8) is 0 Å². The number of carbonyl (C=O) groups is 2. The first-order valence-electron chi connectivity index (χ1n) is 7.38. The van der Waals surface area contributed by atoms with Gasteiger partial charge in [0.15, 0.2) is 5.25 Å². The normalized spacial score (nSPS) is 19.7. The van der Waals surface area contributed by atoms with Crippen LogP contribution in [0.2, 0.25) is 0 Å². The van der Waals surface area contributed by atoms with E-state index >= 15 is 0 Å². The van der Waals surface area contributed by atoms with Gasteiger partial charge in [0.25, 0.3) is 10.1 Å². The fourth-order valence-corrected chi connectivity index (χ4v) is 3.20. The third-order valence-corrected chi connectivity index (χ3v) is 4.91. The molecule has 0 amide bonds. The number of aliphatic carboxylic acids is 2. The molecule has 2 atom stereocenters. The van der Waals surface area contributed by atoms with Crippen molar-refractivity contribution in [2.75, 3.05) is 0 Å². The van der Waals surface area contributed by atoms with Crippen LogP contribution in [0.15, 0.2) is 0 Å². The summed E-state index contributed by atoms with van der Waals surface area (Å²) in [5, 5.41) is 13.9. The average Bonchev–Trinajstić information content (AvgIpc) is 2.43. The maximum atomic E-state index is 10.2. The van der Waals surface area contributed by atoms with E-state index in [1.807, 2.05) is 5.92 Å². The molecule has 0 saturated heterocycles. The summed E-state index contributed by atoms with van der Waals surface area (Å²) in [6.45, 7) is 4.63. The quantitative estimate of drug-likeness (QED) is 0.327. The van der Waals surface area contributed by atoms with E-state index in [0.29, 0.717) is 0 Å². The molecular formula is C14H25NaO7S. The Bertz CT molecular complexity index is 452. The Morgan fingerprint density at radius 3 is 2.04 bits per heavy atom. The fourth-order valence-electron chi connectivity index (χ4n) is 2.59. The van der Waals surface area contributed by atoms with Crippen LogP contribution in [0.3, 0.4) is 0 Å². The predicted octanol–water partition coefficient (Wildman–Crippen LogP) is -0.623. The van der Waals surface area contributed by atoms with Crippen LogP contribution in [-0.2, 0) is 19.7 Å². The molecule has 130 valence electrons. The molecule has 0 aromatic carbocycles. The third-order valence-electron chi connectivity index (χ3n) is 3.82. The van der Waals surface area contributed by atoms with Crippen molar-refractivity contribution in [1.29, 1.82) is 0 Å². The molecule has 1 aliphatic carbocycles. The molecule has 23 heavy (non-hydrogen) atoms. The van der Waals surface area contributed by atoms with E-state index in [9.17, 15) is 18.0 Å². The number of carboxylic acid groups (broad SMARTS) is 2. The van der Waals surface area contributed by atoms with Crippen molar-refractivity contribution >= 4 is 22.1 Å². The second kappa shape index (κ2) is 12.2. The van der Waals surface area contributed by atoms with Gasteiger partial charge in [0.2, 0.25) is 0 Å². The fraction of sp³-hybridized carbons (Fsp3) is 0.786. The second-order valence-corrected chi connectivity index (χ2v) is 6.90. The third kappa shape index (κ3) is 10.3. The largest absolute Gasteiger partial charge is 1.00 e. The molecule has 0 spiro atoms. The Morgan fingerprint density at radius 1 is 1.22 bits per heavy atom. The summed E-state index contributed by atoms with van der Waals surface area (Å²) < 4.78 is 28.7. The van der Waals surface area contributed by atoms with Crippen LogP contribution >= 0.6 is 0 Å². The zero-order chi connectivity index (χ0) is 17.3. The minimum Gasteiger partial charge on any atom is -0.481 e. The SMILES string of the molecule is CC[C-]1CCCCC1CC.O=C(O)CC(C(=O)O)S(=O)(=O)O.[Na+]. The molecule has 0 aliphatic heterocycles. The van der Waals surface area contributed by atoms with Gasteiger partial charge in [-0.15, -0.1) is 0 Å². The van der Waals surface area contributed by atoms with Gasteiger partial charge >= 0.3 is 41.5 Å². The Morgan fingerprint density at radius 2 is 1.78 bits per heavy atom. The van der Waals surface area contributed by atoms with Crippen molar-refractivity contribution in [3.05, 3.63) is 5.92 Å². The zero-order valence-electron chi connectivity index (χ0n) is 14.0. The van der Waals surface area contributed by atoms with E-state index in [1.54, 1.807) is 0 Å². The Balaban J connectivity index is 0. The van der Waals surface area contributed by atoms with Crippen molar-refractivity contribution < 1.29 is 62.3 Å². The van der Waals surface area contributed by atoms with Crippen LogP contribution < -0.4 is 29.6 Å². The summed E-state index contributed by atoms with van der Waals surface area (Å²) in [6, 6.07) is 0. The molecular weight excluding hydrogens is 335 g/mol. The minimum absolute atomic E-state index is 0. The van der Waals surface area contributed by atoms with E-state index in [4.69, 9.17) is 14.8 Å². The van der Waals surface area contributed by atoms with Gasteiger partial charge in [0.05, 0.1) is 6.42 Å². The monoisotopic (exact) mass is 360 g/mol. The molecule has 9 heteroatoms. The zero-order valence-corrected chi connectivity index (χ0v) is 16.8. The molecule has 0 radical (unpaired) electrons. The molecule has 0 heterocycles. The van der Waals surface area contributed by atoms with Crippen molar-refractivity contribution in [2.45, 2.75) is 64.0 Å². The summed E-state index contributed by atoms with van der Waals surface area (Å²) in [5.74, 6) is -0.674. The van der Waals surface area contributed by atoms with E-state index in [-0.39, 0.29) is 29.6 Å². The maximum absolute atomic E-state index is 10.2. The Hall–Kier alpha value is -0.150. The van der Waals surface area contributed by atoms with Crippen molar-refractivity contribution in [2.24, 2.45) is 5.92 Å². The molecule has 1 rings (SSSR count). The van der Waals surface area contributed by atoms with E-state index < -0.39 is 33.7 Å². The molecule has 1 fully saturated rings. The van der Waals surface area contributed by atoms with E-state index in [0.717, 1.165) is 5.92 Å². The van der Waals surface area contributed by atoms with Crippen molar-refractivity contribution in [3.8, 4) is 0 Å². The number of hydrogen-bond acceptors (Lipinski definition) is 4. The Labute approximate surface area is 159 Å². The van der Waals surface area contributed by atoms with Crippen LogP contribution in [0.4, 0.5) is 0 Å². The molecule has 0 aromatic heterocycles. The summed E-state index contributed by atoms with van der Waals surface area (Å²) in [6.07, 6.45) is 7.38. The van der Waals surface area contributed by atoms with Crippen LogP contribution in [0.1, 0.15) is 58.8 Å². The van der Waals surface area contributed by atoms with E-state index in [1.165, 1.54) is 38.5 Å². The molecule has 0 aromatic rings. The van der Waals surface area contributed by atoms with Gasteiger partial charge in [-0.2, -0.15) is 27.2 Å². The van der Waals surface area contributed by atoms with Crippen LogP contribution in [-0.4, -0.2) is 40.4 Å². The van der Waals surface area contributed by atoms with Gasteiger partial charge in [0.1, 0.15) is 0 Å². The van der Waals surface area contributed by atoms with Gasteiger partial charge in [-0.25, -0.2) is 0 Å². The van der Waals surface area contributed by atoms with Crippen LogP contribution in [0.25, 0.3) is 0 Å². The average molecular weight is 360 g/mol. The maximum Gasteiger partial charge on any atom is 1.00 e. The first-order valence-corrected chi connectivity index (χ1v) is 8.89. The topological polar surface area (TPSA) is 129 Å². The van der Waals surface area contributed by atoms with Gasteiger partial charge in [-0.3, -0.25) is 14.1 Å². The number of hydrogen-bond donors (Lipinski definition) is 3. The molecule has 1 saturated carbocycles. The minimum atomic E-state index is -4.84. The standard InChI is InChI=1S/C10H19.C4H6O7S.Na/c1-3-9-7-5-6-8-10(9)4-2;5-3(6)1-2(4(7)8)12(9,10)11;/h9H,3-8H2,1-2H3;2H,1H2,(H,5,6)(H,7,8)(H,9,10,11);/q-1;;+1. The summed E-state index contributed by atoms with van der Waals surface area (Å²) in [5.41, 5.74) is 0. The van der Waals surface area contributed by atoms with Gasteiger partial charge < -0.3 is 16.1 Å². The van der Waals surface area contributed by atoms with Crippen molar-refractivity contribution in [1.82, 2.24) is 0 Å². The first-order chi connectivity index (χ1) is 10.1. The smallest absolute Gasteiger partial charge is 0.481 e. The molecule has 3 N–H and O–H groups in total. The van der Waals surface area contributed by atoms with Gasteiger partial charge in [-0.05, 0) is 0 Å². The Kier molecular flexibility index (Phi) is 13.4. The number of rotatable bonds is 6. The molecule has 1 aliphatic rings. The summed E-state index contributed by atoms with van der Waals surface area (Å²) in [4.78, 5) is 20.0. The molecule has 2 unspecified atom stereocenters. The van der Waals surface area contributed by atoms with E-state index in [2.05, 4.69) is 13.8 Å². The van der Waals surface area contributed by atoms with Crippen LogP contribution in [0, 0.1) is 11.8 Å². The van der Waals surface area contributed by atoms with Gasteiger partial charge in [0, 0.05) is 0 Å². The summed E-state index contributed by atoms with van der Waals surface area (Å²) in [7, 11) is -4.84. The first kappa shape index (κ1) is 25.1. The van der Waals surface area contributed by atoms with Gasteiger partial charge in [-0.1, -0.05) is 39.5 Å².